The monoisotopic (exact) mass is 357 g/mol. The normalized spacial score (nSPS) is 18.0. The molecule has 130 valence electrons. The van der Waals surface area contributed by atoms with E-state index in [9.17, 15) is 0 Å². The van der Waals surface area contributed by atoms with E-state index < -0.39 is 0 Å². The van der Waals surface area contributed by atoms with Gasteiger partial charge >= 0.3 is 0 Å². The van der Waals surface area contributed by atoms with Crippen LogP contribution in [0.5, 0.6) is 0 Å². The molecule has 0 spiro atoms. The van der Waals surface area contributed by atoms with Gasteiger partial charge in [-0.3, -0.25) is 4.90 Å². The molecule has 2 aromatic rings. The first-order valence-corrected chi connectivity index (χ1v) is 8.24. The second-order valence-electron chi connectivity index (χ2n) is 6.33. The zero-order chi connectivity index (χ0) is 14.8. The van der Waals surface area contributed by atoms with E-state index in [2.05, 4.69) is 60.2 Å². The van der Waals surface area contributed by atoms with Gasteiger partial charge in [0, 0.05) is 48.8 Å². The molecule has 1 aromatic heterocycles. The van der Waals surface area contributed by atoms with Crippen molar-refractivity contribution in [1.29, 1.82) is 0 Å². The van der Waals surface area contributed by atoms with Gasteiger partial charge < -0.3 is 10.3 Å². The average Bonchev–Trinajstić information content (AvgIpc) is 2.85. The number of hydrogen-bond donors (Lipinski definition) is 2. The standard InChI is InChI=1S/C18H27N3.2ClH/c1-4-13(2)18(21-11-9-19-10-12-21)17-14(3)20-16-8-6-5-7-15(16)17;;/h5-8,13,18-20H,4,9-12H2,1-3H3;2*1H/t13?,18-;;/m0../s1. The Morgan fingerprint density at radius 2 is 1.78 bits per heavy atom. The molecular weight excluding hydrogens is 329 g/mol. The Balaban J connectivity index is 0.00000132. The molecule has 2 heterocycles. The van der Waals surface area contributed by atoms with Gasteiger partial charge in [0.05, 0.1) is 0 Å². The number of aryl methyl sites for hydroxylation is 1. The molecule has 23 heavy (non-hydrogen) atoms. The lowest BCUT2D eigenvalue weighted by molar-refractivity contribution is 0.129. The van der Waals surface area contributed by atoms with Crippen LogP contribution in [0.4, 0.5) is 0 Å². The number of aromatic nitrogens is 1. The summed E-state index contributed by atoms with van der Waals surface area (Å²) in [7, 11) is 0. The van der Waals surface area contributed by atoms with Crippen LogP contribution in [0.2, 0.25) is 0 Å². The topological polar surface area (TPSA) is 31.1 Å². The number of para-hydroxylation sites is 1. The summed E-state index contributed by atoms with van der Waals surface area (Å²) in [4.78, 5) is 6.26. The number of aromatic amines is 1. The summed E-state index contributed by atoms with van der Waals surface area (Å²) >= 11 is 0. The van der Waals surface area contributed by atoms with Gasteiger partial charge in [-0.05, 0) is 24.5 Å². The molecule has 3 rings (SSSR count). The van der Waals surface area contributed by atoms with Crippen LogP contribution in [0.1, 0.15) is 37.6 Å². The Hall–Kier alpha value is -0.740. The molecule has 3 nitrogen and oxygen atoms in total. The Morgan fingerprint density at radius 3 is 2.43 bits per heavy atom. The van der Waals surface area contributed by atoms with Gasteiger partial charge in [0.2, 0.25) is 0 Å². The fourth-order valence-electron chi connectivity index (χ4n) is 3.69. The lowest BCUT2D eigenvalue weighted by Crippen LogP contribution is -2.46. The Bertz CT molecular complexity index is 605. The van der Waals surface area contributed by atoms with Gasteiger partial charge in [-0.1, -0.05) is 38.5 Å². The maximum absolute atomic E-state index is 3.58. The van der Waals surface area contributed by atoms with Crippen LogP contribution in [0.25, 0.3) is 10.9 Å². The maximum atomic E-state index is 3.58. The molecular formula is C18H29Cl2N3. The van der Waals surface area contributed by atoms with Crippen LogP contribution in [0.3, 0.4) is 0 Å². The Labute approximate surface area is 152 Å². The summed E-state index contributed by atoms with van der Waals surface area (Å²) in [5.74, 6) is 0.668. The van der Waals surface area contributed by atoms with Crippen molar-refractivity contribution in [3.63, 3.8) is 0 Å². The van der Waals surface area contributed by atoms with E-state index in [1.807, 2.05) is 0 Å². The van der Waals surface area contributed by atoms with Crippen molar-refractivity contribution >= 4 is 35.7 Å². The third-order valence-corrected chi connectivity index (χ3v) is 4.97. The second-order valence-corrected chi connectivity index (χ2v) is 6.33. The SMILES string of the molecule is CCC(C)[C@@H](c1c(C)[nH]c2ccccc12)N1CCNCC1.Cl.Cl. The van der Waals surface area contributed by atoms with Crippen molar-refractivity contribution in [2.75, 3.05) is 26.2 Å². The number of piperazine rings is 1. The molecule has 1 aliphatic heterocycles. The van der Waals surface area contributed by atoms with E-state index >= 15 is 0 Å². The number of rotatable bonds is 4. The van der Waals surface area contributed by atoms with E-state index in [0.717, 1.165) is 26.2 Å². The highest BCUT2D eigenvalue weighted by atomic mass is 35.5. The molecule has 1 unspecified atom stereocenters. The van der Waals surface area contributed by atoms with Crippen molar-refractivity contribution in [2.24, 2.45) is 5.92 Å². The zero-order valence-electron chi connectivity index (χ0n) is 14.3. The van der Waals surface area contributed by atoms with Gasteiger partial charge in [-0.25, -0.2) is 0 Å². The van der Waals surface area contributed by atoms with E-state index in [4.69, 9.17) is 0 Å². The van der Waals surface area contributed by atoms with E-state index in [1.165, 1.54) is 28.6 Å². The van der Waals surface area contributed by atoms with Crippen LogP contribution in [0, 0.1) is 12.8 Å². The molecule has 1 aliphatic rings. The fraction of sp³-hybridized carbons (Fsp3) is 0.556. The van der Waals surface area contributed by atoms with Crippen LogP contribution in [-0.2, 0) is 0 Å². The van der Waals surface area contributed by atoms with Gasteiger partial charge in [0.25, 0.3) is 0 Å². The number of halogens is 2. The van der Waals surface area contributed by atoms with Crippen LogP contribution in [0.15, 0.2) is 24.3 Å². The number of fused-ring (bicyclic) bond motifs is 1. The quantitative estimate of drug-likeness (QED) is 0.853. The summed E-state index contributed by atoms with van der Waals surface area (Å²) < 4.78 is 0. The molecule has 0 saturated carbocycles. The van der Waals surface area contributed by atoms with Crippen LogP contribution >= 0.6 is 24.8 Å². The third kappa shape index (κ3) is 4.03. The highest BCUT2D eigenvalue weighted by Crippen LogP contribution is 2.37. The highest BCUT2D eigenvalue weighted by Gasteiger charge is 2.29. The molecule has 0 bridgehead atoms. The molecule has 1 fully saturated rings. The molecule has 2 atom stereocenters. The number of H-pyrrole nitrogens is 1. The van der Waals surface area contributed by atoms with Crippen molar-refractivity contribution in [2.45, 2.75) is 33.2 Å². The van der Waals surface area contributed by atoms with Crippen molar-refractivity contribution in [3.05, 3.63) is 35.5 Å². The van der Waals surface area contributed by atoms with Gasteiger partial charge in [0.1, 0.15) is 0 Å². The van der Waals surface area contributed by atoms with Crippen LogP contribution < -0.4 is 5.32 Å². The van der Waals surface area contributed by atoms with Gasteiger partial charge in [0.15, 0.2) is 0 Å². The summed E-state index contributed by atoms with van der Waals surface area (Å²) in [6.45, 7) is 11.4. The summed E-state index contributed by atoms with van der Waals surface area (Å²) in [6.07, 6.45) is 1.22. The van der Waals surface area contributed by atoms with Crippen molar-refractivity contribution in [3.8, 4) is 0 Å². The second kappa shape index (κ2) is 8.93. The van der Waals surface area contributed by atoms with E-state index in [1.54, 1.807) is 0 Å². The fourth-order valence-corrected chi connectivity index (χ4v) is 3.69. The van der Waals surface area contributed by atoms with Crippen LogP contribution in [-0.4, -0.2) is 36.1 Å². The molecule has 0 amide bonds. The molecule has 0 aliphatic carbocycles. The lowest BCUT2D eigenvalue weighted by atomic mass is 9.89. The number of nitrogens with zero attached hydrogens (tertiary/aromatic N) is 1. The molecule has 1 aromatic carbocycles. The summed E-state index contributed by atoms with van der Waals surface area (Å²) in [5.41, 5.74) is 4.12. The summed E-state index contributed by atoms with van der Waals surface area (Å²) in [6, 6.07) is 9.26. The van der Waals surface area contributed by atoms with Gasteiger partial charge in [-0.2, -0.15) is 0 Å². The minimum absolute atomic E-state index is 0. The third-order valence-electron chi connectivity index (χ3n) is 4.97. The Kier molecular flexibility index (Phi) is 7.88. The first-order valence-electron chi connectivity index (χ1n) is 8.24. The predicted octanol–water partition coefficient (Wildman–Crippen LogP) is 4.31. The first-order chi connectivity index (χ1) is 10.2. The number of benzene rings is 1. The minimum atomic E-state index is 0. The Morgan fingerprint density at radius 1 is 1.13 bits per heavy atom. The highest BCUT2D eigenvalue weighted by molar-refractivity contribution is 5.86. The van der Waals surface area contributed by atoms with Crippen molar-refractivity contribution in [1.82, 2.24) is 15.2 Å². The largest absolute Gasteiger partial charge is 0.358 e. The zero-order valence-corrected chi connectivity index (χ0v) is 15.9. The van der Waals surface area contributed by atoms with Crippen molar-refractivity contribution < 1.29 is 0 Å². The first kappa shape index (κ1) is 20.3. The summed E-state index contributed by atoms with van der Waals surface area (Å²) in [5, 5.41) is 4.88. The maximum Gasteiger partial charge on any atom is 0.0459 e. The molecule has 0 radical (unpaired) electrons. The molecule has 5 heteroatoms. The number of hydrogen-bond acceptors (Lipinski definition) is 2. The van der Waals surface area contributed by atoms with Gasteiger partial charge in [-0.15, -0.1) is 24.8 Å². The predicted molar refractivity (Wildman–Crippen MR) is 104 cm³/mol. The lowest BCUT2D eigenvalue weighted by Gasteiger charge is -2.38. The number of nitrogens with one attached hydrogen (secondary N) is 2. The minimum Gasteiger partial charge on any atom is -0.358 e. The average molecular weight is 358 g/mol. The van der Waals surface area contributed by atoms with E-state index in [0.29, 0.717) is 12.0 Å². The molecule has 1 saturated heterocycles. The molecule has 2 N–H and O–H groups in total. The van der Waals surface area contributed by atoms with E-state index in [-0.39, 0.29) is 24.8 Å². The smallest absolute Gasteiger partial charge is 0.0459 e.